The zero-order valence-corrected chi connectivity index (χ0v) is 26.1. The van der Waals surface area contributed by atoms with Crippen LogP contribution in [0.4, 0.5) is 0 Å². The van der Waals surface area contributed by atoms with Gasteiger partial charge in [0.2, 0.25) is 0 Å². The molecule has 0 saturated heterocycles. The Bertz CT molecular complexity index is 1380. The van der Waals surface area contributed by atoms with Gasteiger partial charge < -0.3 is 4.74 Å². The second kappa shape index (κ2) is 16.6. The van der Waals surface area contributed by atoms with Crippen LogP contribution in [0.15, 0.2) is 146 Å². The quantitative estimate of drug-likeness (QED) is 0.0638. The van der Waals surface area contributed by atoms with E-state index in [2.05, 4.69) is 152 Å². The number of rotatable bonds is 16. The van der Waals surface area contributed by atoms with Crippen molar-refractivity contribution in [3.05, 3.63) is 157 Å². The van der Waals surface area contributed by atoms with E-state index in [1.54, 1.807) is 0 Å². The van der Waals surface area contributed by atoms with E-state index in [1.807, 2.05) is 6.07 Å². The molecule has 0 aromatic heterocycles. The molecule has 0 unspecified atom stereocenters. The zero-order valence-electron chi connectivity index (χ0n) is 25.2. The highest BCUT2D eigenvalue weighted by Gasteiger charge is 2.44. The van der Waals surface area contributed by atoms with E-state index in [-0.39, 0.29) is 0 Å². The highest BCUT2D eigenvalue weighted by Crippen LogP contribution is 2.56. The fourth-order valence-electron chi connectivity index (χ4n) is 5.84. The lowest BCUT2D eigenvalue weighted by Gasteiger charge is -2.27. The first-order valence-electron chi connectivity index (χ1n) is 15.9. The van der Waals surface area contributed by atoms with Gasteiger partial charge in [0, 0.05) is 0 Å². The standard InChI is InChI=1S/C41H44OP/c1(2-4-18-34-42-38-32-30-37(31-33-38)29-28-36-20-10-6-11-21-36)3-5-19-35-43(39-22-12-7-13-23-39,40-24-14-8-15-25-40)41-26-16-9-17-27-41/h6-17,20-33H,1-5,18-19,34-35H2/q+1/b29-28+. The molecule has 0 fully saturated rings. The molecule has 0 aliphatic rings. The second-order valence-corrected chi connectivity index (χ2v) is 14.8. The topological polar surface area (TPSA) is 9.23 Å². The molecule has 5 aromatic rings. The molecular weight excluding hydrogens is 539 g/mol. The summed E-state index contributed by atoms with van der Waals surface area (Å²) < 4.78 is 6.01. The van der Waals surface area contributed by atoms with Crippen molar-refractivity contribution in [1.29, 1.82) is 0 Å². The summed E-state index contributed by atoms with van der Waals surface area (Å²) in [6.07, 6.45) is 14.3. The molecule has 5 rings (SSSR count). The van der Waals surface area contributed by atoms with Gasteiger partial charge in [-0.3, -0.25) is 0 Å². The molecule has 1 nitrogen and oxygen atoms in total. The fraction of sp³-hybridized carbons (Fsp3) is 0.220. The molecule has 0 atom stereocenters. The van der Waals surface area contributed by atoms with Crippen LogP contribution in [0.3, 0.4) is 0 Å². The van der Waals surface area contributed by atoms with Gasteiger partial charge in [0.05, 0.1) is 12.8 Å². The number of hydrogen-bond donors (Lipinski definition) is 0. The smallest absolute Gasteiger partial charge is 0.119 e. The van der Waals surface area contributed by atoms with Crippen molar-refractivity contribution in [2.24, 2.45) is 0 Å². The van der Waals surface area contributed by atoms with Gasteiger partial charge in [-0.25, -0.2) is 0 Å². The van der Waals surface area contributed by atoms with Gasteiger partial charge >= 0.3 is 0 Å². The molecule has 43 heavy (non-hydrogen) atoms. The van der Waals surface area contributed by atoms with Gasteiger partial charge in [-0.2, -0.15) is 0 Å². The van der Waals surface area contributed by atoms with Crippen LogP contribution in [0.5, 0.6) is 5.75 Å². The Morgan fingerprint density at radius 1 is 0.395 bits per heavy atom. The Balaban J connectivity index is 1.04. The maximum atomic E-state index is 6.01. The number of ether oxygens (including phenoxy) is 1. The summed E-state index contributed by atoms with van der Waals surface area (Å²) >= 11 is 0. The van der Waals surface area contributed by atoms with Crippen molar-refractivity contribution < 1.29 is 4.74 Å². The molecule has 0 N–H and O–H groups in total. The molecular formula is C41H44OP+. The Morgan fingerprint density at radius 2 is 0.791 bits per heavy atom. The third-order valence-corrected chi connectivity index (χ3v) is 12.7. The SMILES string of the molecule is C(=C\c1ccc(OCCCCCCCCC[P+](c2ccccc2)(c2ccccc2)c2ccccc2)cc1)/c1ccccc1. The maximum Gasteiger partial charge on any atom is 0.119 e. The minimum absolute atomic E-state index is 0.789. The van der Waals surface area contributed by atoms with Crippen LogP contribution < -0.4 is 20.7 Å². The van der Waals surface area contributed by atoms with Crippen molar-refractivity contribution in [2.45, 2.75) is 44.9 Å². The van der Waals surface area contributed by atoms with E-state index < -0.39 is 7.26 Å². The van der Waals surface area contributed by atoms with Crippen LogP contribution in [0.2, 0.25) is 0 Å². The van der Waals surface area contributed by atoms with Crippen LogP contribution in [-0.4, -0.2) is 12.8 Å². The molecule has 0 spiro atoms. The zero-order chi connectivity index (χ0) is 29.4. The molecule has 5 aromatic carbocycles. The van der Waals surface area contributed by atoms with Crippen LogP contribution >= 0.6 is 7.26 Å². The number of unbranched alkanes of at least 4 members (excludes halogenated alkanes) is 6. The number of hydrogen-bond acceptors (Lipinski definition) is 1. The third-order valence-electron chi connectivity index (χ3n) is 8.15. The lowest BCUT2D eigenvalue weighted by atomic mass is 10.1. The minimum Gasteiger partial charge on any atom is -0.494 e. The summed E-state index contributed by atoms with van der Waals surface area (Å²) in [5.41, 5.74) is 2.40. The molecule has 0 aliphatic carbocycles. The van der Waals surface area contributed by atoms with E-state index in [4.69, 9.17) is 4.74 Å². The van der Waals surface area contributed by atoms with Gasteiger partial charge in [0.25, 0.3) is 0 Å². The Labute approximate surface area is 259 Å². The molecule has 0 heterocycles. The van der Waals surface area contributed by atoms with Crippen molar-refractivity contribution in [2.75, 3.05) is 12.8 Å². The summed E-state index contributed by atoms with van der Waals surface area (Å²) in [4.78, 5) is 0. The molecule has 0 amide bonds. The van der Waals surface area contributed by atoms with Gasteiger partial charge in [0.15, 0.2) is 0 Å². The summed E-state index contributed by atoms with van der Waals surface area (Å²) in [7, 11) is -1.69. The van der Waals surface area contributed by atoms with E-state index >= 15 is 0 Å². The van der Waals surface area contributed by atoms with Crippen LogP contribution in [0, 0.1) is 0 Å². The van der Waals surface area contributed by atoms with Gasteiger partial charge in [-0.05, 0) is 78.9 Å². The first-order chi connectivity index (χ1) is 21.3. The third kappa shape index (κ3) is 8.79. The second-order valence-electron chi connectivity index (χ2n) is 11.2. The highest BCUT2D eigenvalue weighted by molar-refractivity contribution is 7.95. The van der Waals surface area contributed by atoms with Crippen molar-refractivity contribution in [1.82, 2.24) is 0 Å². The highest BCUT2D eigenvalue weighted by atomic mass is 31.2. The van der Waals surface area contributed by atoms with E-state index in [0.29, 0.717) is 0 Å². The van der Waals surface area contributed by atoms with Gasteiger partial charge in [-0.15, -0.1) is 0 Å². The summed E-state index contributed by atoms with van der Waals surface area (Å²) in [5.74, 6) is 0.957. The summed E-state index contributed by atoms with van der Waals surface area (Å²) in [5, 5.41) is 4.47. The molecule has 0 aliphatic heterocycles. The van der Waals surface area contributed by atoms with Crippen molar-refractivity contribution in [3.63, 3.8) is 0 Å². The molecule has 0 saturated carbocycles. The summed E-state index contributed by atoms with van der Waals surface area (Å²) in [6.45, 7) is 0.789. The lowest BCUT2D eigenvalue weighted by molar-refractivity contribution is 0.304. The van der Waals surface area contributed by atoms with E-state index in [9.17, 15) is 0 Å². The first-order valence-corrected chi connectivity index (χ1v) is 17.8. The van der Waals surface area contributed by atoms with Crippen molar-refractivity contribution >= 4 is 35.3 Å². The monoisotopic (exact) mass is 583 g/mol. The Hall–Kier alpha value is -3.93. The fourth-order valence-corrected chi connectivity index (χ4v) is 10.2. The molecule has 0 radical (unpaired) electrons. The molecule has 2 heteroatoms. The average Bonchev–Trinajstić information content (AvgIpc) is 3.09. The Kier molecular flexibility index (Phi) is 11.8. The predicted octanol–water partition coefficient (Wildman–Crippen LogP) is 9.96. The minimum atomic E-state index is -1.69. The molecule has 0 bridgehead atoms. The van der Waals surface area contributed by atoms with Crippen LogP contribution in [-0.2, 0) is 0 Å². The molecule has 218 valence electrons. The largest absolute Gasteiger partial charge is 0.494 e. The van der Waals surface area contributed by atoms with Gasteiger partial charge in [0.1, 0.15) is 28.9 Å². The maximum absolute atomic E-state index is 6.01. The van der Waals surface area contributed by atoms with Crippen molar-refractivity contribution in [3.8, 4) is 5.75 Å². The predicted molar refractivity (Wildman–Crippen MR) is 190 cm³/mol. The summed E-state index contributed by atoms with van der Waals surface area (Å²) in [6, 6.07) is 52.6. The van der Waals surface area contributed by atoms with Crippen LogP contribution in [0.25, 0.3) is 12.2 Å². The number of benzene rings is 5. The first kappa shape index (κ1) is 30.5. The van der Waals surface area contributed by atoms with E-state index in [1.165, 1.54) is 71.7 Å². The average molecular weight is 584 g/mol. The van der Waals surface area contributed by atoms with E-state index in [0.717, 1.165) is 18.8 Å². The normalized spacial score (nSPS) is 11.5. The van der Waals surface area contributed by atoms with Gasteiger partial charge in [-0.1, -0.05) is 135 Å². The Morgan fingerprint density at radius 3 is 1.28 bits per heavy atom. The lowest BCUT2D eigenvalue weighted by Crippen LogP contribution is -2.33. The van der Waals surface area contributed by atoms with Crippen LogP contribution in [0.1, 0.15) is 56.1 Å².